The van der Waals surface area contributed by atoms with Crippen molar-refractivity contribution < 1.29 is 0 Å². The molecule has 1 saturated carbocycles. The summed E-state index contributed by atoms with van der Waals surface area (Å²) in [7, 11) is 0. The number of hydrogen-bond acceptors (Lipinski definition) is 2. The van der Waals surface area contributed by atoms with E-state index in [4.69, 9.17) is 5.73 Å². The SMILES string of the molecule is CCC1CCCC(Sc2cccc(CN)c2)C1. The van der Waals surface area contributed by atoms with Crippen LogP contribution in [0.4, 0.5) is 0 Å². The van der Waals surface area contributed by atoms with Gasteiger partial charge in [0.05, 0.1) is 0 Å². The Hall–Kier alpha value is -0.470. The molecule has 1 nitrogen and oxygen atoms in total. The first-order chi connectivity index (χ1) is 8.31. The third kappa shape index (κ3) is 3.75. The lowest BCUT2D eigenvalue weighted by Gasteiger charge is -2.28. The third-order valence-electron chi connectivity index (χ3n) is 3.75. The lowest BCUT2D eigenvalue weighted by molar-refractivity contribution is 0.357. The molecule has 1 aromatic carbocycles. The molecule has 17 heavy (non-hydrogen) atoms. The van der Waals surface area contributed by atoms with Crippen LogP contribution in [0.25, 0.3) is 0 Å². The average Bonchev–Trinajstić information content (AvgIpc) is 2.39. The van der Waals surface area contributed by atoms with Crippen molar-refractivity contribution in [3.63, 3.8) is 0 Å². The van der Waals surface area contributed by atoms with Gasteiger partial charge in [0, 0.05) is 16.7 Å². The van der Waals surface area contributed by atoms with Crippen molar-refractivity contribution in [3.05, 3.63) is 29.8 Å². The second-order valence-corrected chi connectivity index (χ2v) is 6.41. The van der Waals surface area contributed by atoms with E-state index < -0.39 is 0 Å². The molecule has 0 radical (unpaired) electrons. The van der Waals surface area contributed by atoms with Gasteiger partial charge in [0.25, 0.3) is 0 Å². The molecule has 94 valence electrons. The van der Waals surface area contributed by atoms with Crippen LogP contribution in [0.5, 0.6) is 0 Å². The van der Waals surface area contributed by atoms with Crippen molar-refractivity contribution in [3.8, 4) is 0 Å². The Kier molecular flexibility index (Phi) is 4.93. The van der Waals surface area contributed by atoms with Crippen molar-refractivity contribution in [2.45, 2.75) is 55.7 Å². The Morgan fingerprint density at radius 1 is 1.35 bits per heavy atom. The first kappa shape index (κ1) is 13.0. The highest BCUT2D eigenvalue weighted by Crippen LogP contribution is 2.37. The quantitative estimate of drug-likeness (QED) is 0.865. The maximum absolute atomic E-state index is 5.69. The average molecular weight is 249 g/mol. The molecule has 2 unspecified atom stereocenters. The molecule has 0 bridgehead atoms. The van der Waals surface area contributed by atoms with E-state index in [1.54, 1.807) is 0 Å². The summed E-state index contributed by atoms with van der Waals surface area (Å²) in [6, 6.07) is 8.71. The summed E-state index contributed by atoms with van der Waals surface area (Å²) in [5.41, 5.74) is 6.93. The predicted octanol–water partition coefficient (Wildman–Crippen LogP) is 4.21. The van der Waals surface area contributed by atoms with E-state index in [1.165, 1.54) is 42.6 Å². The lowest BCUT2D eigenvalue weighted by atomic mass is 9.87. The van der Waals surface area contributed by atoms with E-state index in [-0.39, 0.29) is 0 Å². The van der Waals surface area contributed by atoms with Gasteiger partial charge in [-0.3, -0.25) is 0 Å². The van der Waals surface area contributed by atoms with Crippen LogP contribution in [0.1, 0.15) is 44.6 Å². The molecule has 1 aromatic rings. The van der Waals surface area contributed by atoms with Crippen LogP contribution in [0, 0.1) is 5.92 Å². The molecule has 1 aliphatic rings. The minimum absolute atomic E-state index is 0.649. The summed E-state index contributed by atoms with van der Waals surface area (Å²) in [5, 5.41) is 0.821. The van der Waals surface area contributed by atoms with Gasteiger partial charge in [-0.05, 0) is 36.5 Å². The summed E-state index contributed by atoms with van der Waals surface area (Å²) in [5.74, 6) is 0.957. The molecule has 2 rings (SSSR count). The molecule has 0 heterocycles. The van der Waals surface area contributed by atoms with E-state index >= 15 is 0 Å². The van der Waals surface area contributed by atoms with Gasteiger partial charge in [0.2, 0.25) is 0 Å². The van der Waals surface area contributed by atoms with Crippen molar-refractivity contribution in [1.82, 2.24) is 0 Å². The van der Waals surface area contributed by atoms with Crippen LogP contribution in [0.3, 0.4) is 0 Å². The second kappa shape index (κ2) is 6.46. The second-order valence-electron chi connectivity index (χ2n) is 5.03. The third-order valence-corrected chi connectivity index (χ3v) is 5.04. The zero-order valence-electron chi connectivity index (χ0n) is 10.7. The van der Waals surface area contributed by atoms with E-state index in [0.717, 1.165) is 11.2 Å². The van der Waals surface area contributed by atoms with Gasteiger partial charge in [0.15, 0.2) is 0 Å². The number of rotatable bonds is 4. The van der Waals surface area contributed by atoms with Gasteiger partial charge in [0.1, 0.15) is 0 Å². The maximum atomic E-state index is 5.69. The van der Waals surface area contributed by atoms with Gasteiger partial charge >= 0.3 is 0 Å². The topological polar surface area (TPSA) is 26.0 Å². The van der Waals surface area contributed by atoms with Crippen LogP contribution in [0.2, 0.25) is 0 Å². The fourth-order valence-corrected chi connectivity index (χ4v) is 4.07. The number of nitrogens with two attached hydrogens (primary N) is 1. The Morgan fingerprint density at radius 3 is 3.00 bits per heavy atom. The van der Waals surface area contributed by atoms with Gasteiger partial charge in [-0.25, -0.2) is 0 Å². The van der Waals surface area contributed by atoms with Gasteiger partial charge in [-0.15, -0.1) is 11.8 Å². The molecular formula is C15H23NS. The van der Waals surface area contributed by atoms with Gasteiger partial charge < -0.3 is 5.73 Å². The van der Waals surface area contributed by atoms with Crippen molar-refractivity contribution in [1.29, 1.82) is 0 Å². The molecule has 2 heteroatoms. The lowest BCUT2D eigenvalue weighted by Crippen LogP contribution is -2.16. The van der Waals surface area contributed by atoms with Crippen molar-refractivity contribution in [2.24, 2.45) is 11.7 Å². The van der Waals surface area contributed by atoms with Crippen LogP contribution in [-0.2, 0) is 6.54 Å². The maximum Gasteiger partial charge on any atom is 0.0178 e. The molecule has 0 spiro atoms. The monoisotopic (exact) mass is 249 g/mol. The minimum atomic E-state index is 0.649. The van der Waals surface area contributed by atoms with Crippen LogP contribution in [-0.4, -0.2) is 5.25 Å². The molecule has 0 aliphatic heterocycles. The highest BCUT2D eigenvalue weighted by molar-refractivity contribution is 8.00. The molecule has 0 amide bonds. The molecule has 2 atom stereocenters. The summed E-state index contributed by atoms with van der Waals surface area (Å²) < 4.78 is 0. The highest BCUT2D eigenvalue weighted by Gasteiger charge is 2.21. The van der Waals surface area contributed by atoms with E-state index in [9.17, 15) is 0 Å². The standard InChI is InChI=1S/C15H23NS/c1-2-12-5-3-7-14(9-12)17-15-8-4-6-13(10-15)11-16/h4,6,8,10,12,14H,2-3,5,7,9,11,16H2,1H3. The number of thioether (sulfide) groups is 1. The van der Waals surface area contributed by atoms with Crippen molar-refractivity contribution >= 4 is 11.8 Å². The van der Waals surface area contributed by atoms with E-state index in [2.05, 4.69) is 43.0 Å². The predicted molar refractivity (Wildman–Crippen MR) is 76.2 cm³/mol. The van der Waals surface area contributed by atoms with E-state index in [1.807, 2.05) is 0 Å². The summed E-state index contributed by atoms with van der Waals surface area (Å²) >= 11 is 2.06. The first-order valence-corrected chi connectivity index (χ1v) is 7.65. The Morgan fingerprint density at radius 2 is 2.24 bits per heavy atom. The van der Waals surface area contributed by atoms with Crippen LogP contribution in [0.15, 0.2) is 29.2 Å². The van der Waals surface area contributed by atoms with Gasteiger partial charge in [-0.1, -0.05) is 38.3 Å². The Labute approximate surface area is 109 Å². The fourth-order valence-electron chi connectivity index (χ4n) is 2.66. The fraction of sp³-hybridized carbons (Fsp3) is 0.600. The Bertz CT molecular complexity index is 351. The van der Waals surface area contributed by atoms with Crippen LogP contribution >= 0.6 is 11.8 Å². The zero-order chi connectivity index (χ0) is 12.1. The summed E-state index contributed by atoms with van der Waals surface area (Å²) in [6.45, 7) is 2.98. The minimum Gasteiger partial charge on any atom is -0.326 e. The molecule has 0 aromatic heterocycles. The van der Waals surface area contributed by atoms with E-state index in [0.29, 0.717) is 6.54 Å². The zero-order valence-corrected chi connectivity index (χ0v) is 11.5. The highest BCUT2D eigenvalue weighted by atomic mass is 32.2. The van der Waals surface area contributed by atoms with Crippen molar-refractivity contribution in [2.75, 3.05) is 0 Å². The molecule has 0 saturated heterocycles. The Balaban J connectivity index is 1.95. The largest absolute Gasteiger partial charge is 0.326 e. The number of benzene rings is 1. The first-order valence-electron chi connectivity index (χ1n) is 6.77. The number of hydrogen-bond donors (Lipinski definition) is 1. The van der Waals surface area contributed by atoms with Gasteiger partial charge in [-0.2, -0.15) is 0 Å². The summed E-state index contributed by atoms with van der Waals surface area (Å²) in [4.78, 5) is 1.40. The smallest absolute Gasteiger partial charge is 0.0178 e. The normalized spacial score (nSPS) is 24.8. The molecule has 1 aliphatic carbocycles. The molecular weight excluding hydrogens is 226 g/mol. The summed E-state index contributed by atoms with van der Waals surface area (Å²) in [6.07, 6.45) is 6.98. The molecule has 2 N–H and O–H groups in total. The molecule has 1 fully saturated rings. The van der Waals surface area contributed by atoms with Crippen LogP contribution < -0.4 is 5.73 Å².